The second-order valence-electron chi connectivity index (χ2n) is 3.74. The fraction of sp³-hybridized carbons (Fsp3) is 0.273. The molecular formula is C11H12FN3S2. The van der Waals surface area contributed by atoms with Crippen LogP contribution in [0.15, 0.2) is 27.7 Å². The van der Waals surface area contributed by atoms with Crippen molar-refractivity contribution in [2.45, 2.75) is 29.1 Å². The Morgan fingerprint density at radius 1 is 1.47 bits per heavy atom. The first-order chi connectivity index (χ1) is 8.08. The fourth-order valence-corrected chi connectivity index (χ4v) is 3.13. The van der Waals surface area contributed by atoms with E-state index in [4.69, 9.17) is 5.73 Å². The van der Waals surface area contributed by atoms with Crippen molar-refractivity contribution < 1.29 is 4.39 Å². The third-order valence-corrected chi connectivity index (χ3v) is 4.11. The van der Waals surface area contributed by atoms with Crippen LogP contribution in [0, 0.1) is 12.7 Å². The lowest BCUT2D eigenvalue weighted by Gasteiger charge is -2.12. The second-order valence-corrected chi connectivity index (χ2v) is 5.81. The predicted molar refractivity (Wildman–Crippen MR) is 67.8 cm³/mol. The summed E-state index contributed by atoms with van der Waals surface area (Å²) in [6.07, 6.45) is 1.51. The fourth-order valence-electron chi connectivity index (χ4n) is 1.42. The molecule has 90 valence electrons. The van der Waals surface area contributed by atoms with Crippen molar-refractivity contribution in [3.05, 3.63) is 35.4 Å². The van der Waals surface area contributed by atoms with Crippen molar-refractivity contribution in [1.29, 1.82) is 0 Å². The minimum atomic E-state index is -0.223. The molecule has 17 heavy (non-hydrogen) atoms. The molecule has 1 aromatic carbocycles. The lowest BCUT2D eigenvalue weighted by atomic mass is 10.1. The monoisotopic (exact) mass is 269 g/mol. The van der Waals surface area contributed by atoms with E-state index in [1.54, 1.807) is 13.0 Å². The van der Waals surface area contributed by atoms with Gasteiger partial charge in [-0.3, -0.25) is 0 Å². The first-order valence-corrected chi connectivity index (χ1v) is 6.67. The number of nitrogens with two attached hydrogens (primary N) is 1. The molecule has 2 rings (SSSR count). The van der Waals surface area contributed by atoms with E-state index in [-0.39, 0.29) is 11.9 Å². The number of hydrogen-bond donors (Lipinski definition) is 1. The molecule has 0 bridgehead atoms. The van der Waals surface area contributed by atoms with E-state index in [1.807, 2.05) is 6.92 Å². The summed E-state index contributed by atoms with van der Waals surface area (Å²) in [7, 11) is 0. The number of aromatic nitrogens is 2. The van der Waals surface area contributed by atoms with E-state index in [0.717, 1.165) is 14.8 Å². The maximum atomic E-state index is 13.5. The van der Waals surface area contributed by atoms with Gasteiger partial charge in [0.25, 0.3) is 0 Å². The highest BCUT2D eigenvalue weighted by Crippen LogP contribution is 2.34. The Hall–Kier alpha value is -0.980. The first kappa shape index (κ1) is 12.5. The first-order valence-electron chi connectivity index (χ1n) is 5.08. The predicted octanol–water partition coefficient (Wildman–Crippen LogP) is 3.16. The highest BCUT2D eigenvalue weighted by atomic mass is 32.2. The number of hydrogen-bond acceptors (Lipinski definition) is 5. The normalized spacial score (nSPS) is 12.7. The molecule has 1 atom stereocenters. The van der Waals surface area contributed by atoms with Crippen molar-refractivity contribution in [2.24, 2.45) is 5.73 Å². The highest BCUT2D eigenvalue weighted by molar-refractivity contribution is 8.01. The molecule has 0 aliphatic heterocycles. The van der Waals surface area contributed by atoms with Crippen LogP contribution in [0.1, 0.15) is 24.1 Å². The Morgan fingerprint density at radius 2 is 2.24 bits per heavy atom. The molecule has 0 unspecified atom stereocenters. The minimum Gasteiger partial charge on any atom is -0.324 e. The molecule has 0 aliphatic carbocycles. The summed E-state index contributed by atoms with van der Waals surface area (Å²) < 4.78 is 18.3. The van der Waals surface area contributed by atoms with Gasteiger partial charge in [0, 0.05) is 10.9 Å². The van der Waals surface area contributed by atoms with Gasteiger partial charge in [0.2, 0.25) is 0 Å². The van der Waals surface area contributed by atoms with Gasteiger partial charge >= 0.3 is 0 Å². The largest absolute Gasteiger partial charge is 0.324 e. The number of halogens is 1. The molecule has 0 saturated carbocycles. The van der Waals surface area contributed by atoms with Gasteiger partial charge in [0.1, 0.15) is 12.1 Å². The van der Waals surface area contributed by atoms with E-state index >= 15 is 0 Å². The molecule has 2 N–H and O–H groups in total. The zero-order valence-corrected chi connectivity index (χ0v) is 11.1. The topological polar surface area (TPSA) is 51.8 Å². The zero-order valence-electron chi connectivity index (χ0n) is 9.48. The van der Waals surface area contributed by atoms with Gasteiger partial charge in [-0.2, -0.15) is 4.37 Å². The van der Waals surface area contributed by atoms with Crippen LogP contribution in [0.2, 0.25) is 0 Å². The summed E-state index contributed by atoms with van der Waals surface area (Å²) in [5, 5.41) is 0. The smallest absolute Gasteiger partial charge is 0.174 e. The molecule has 3 nitrogen and oxygen atoms in total. The second kappa shape index (κ2) is 5.12. The number of benzene rings is 1. The van der Waals surface area contributed by atoms with Crippen LogP contribution in [-0.2, 0) is 0 Å². The molecule has 0 fully saturated rings. The van der Waals surface area contributed by atoms with E-state index in [9.17, 15) is 4.39 Å². The third-order valence-electron chi connectivity index (χ3n) is 2.32. The van der Waals surface area contributed by atoms with E-state index in [1.165, 1.54) is 35.7 Å². The van der Waals surface area contributed by atoms with Crippen LogP contribution >= 0.6 is 23.3 Å². The molecule has 0 amide bonds. The van der Waals surface area contributed by atoms with Crippen LogP contribution < -0.4 is 5.73 Å². The molecule has 0 saturated heterocycles. The third kappa shape index (κ3) is 2.83. The average Bonchev–Trinajstić information content (AvgIpc) is 2.75. The van der Waals surface area contributed by atoms with E-state index < -0.39 is 0 Å². The Kier molecular flexibility index (Phi) is 3.76. The van der Waals surface area contributed by atoms with Crippen LogP contribution in [0.5, 0.6) is 0 Å². The Morgan fingerprint density at radius 3 is 2.82 bits per heavy atom. The molecule has 0 spiro atoms. The quantitative estimate of drug-likeness (QED) is 0.930. The van der Waals surface area contributed by atoms with Crippen LogP contribution in [0.3, 0.4) is 0 Å². The van der Waals surface area contributed by atoms with Crippen LogP contribution in [-0.4, -0.2) is 9.36 Å². The van der Waals surface area contributed by atoms with E-state index in [2.05, 4.69) is 9.36 Å². The van der Waals surface area contributed by atoms with Crippen LogP contribution in [0.4, 0.5) is 4.39 Å². The number of rotatable bonds is 3. The van der Waals surface area contributed by atoms with Gasteiger partial charge in [-0.25, -0.2) is 9.37 Å². The minimum absolute atomic E-state index is 0.208. The van der Waals surface area contributed by atoms with Crippen molar-refractivity contribution in [1.82, 2.24) is 9.36 Å². The van der Waals surface area contributed by atoms with Gasteiger partial charge in [-0.05, 0) is 48.6 Å². The molecule has 6 heteroatoms. The molecule has 0 aliphatic rings. The van der Waals surface area contributed by atoms with Gasteiger partial charge in [-0.15, -0.1) is 0 Å². The SMILES string of the molecule is Cc1cc(Sc2ncns2)c([C@@H](C)N)cc1F. The summed E-state index contributed by atoms with van der Waals surface area (Å²) in [5.74, 6) is -0.223. The van der Waals surface area contributed by atoms with Gasteiger partial charge < -0.3 is 5.73 Å². The summed E-state index contributed by atoms with van der Waals surface area (Å²) >= 11 is 2.79. The van der Waals surface area contributed by atoms with Crippen molar-refractivity contribution in [3.8, 4) is 0 Å². The number of nitrogens with zero attached hydrogens (tertiary/aromatic N) is 2. The average molecular weight is 269 g/mol. The molecular weight excluding hydrogens is 257 g/mol. The maximum Gasteiger partial charge on any atom is 0.174 e. The Balaban J connectivity index is 2.41. The Labute approximate surface area is 107 Å². The molecule has 2 aromatic rings. The van der Waals surface area contributed by atoms with Crippen molar-refractivity contribution in [3.63, 3.8) is 0 Å². The highest BCUT2D eigenvalue weighted by Gasteiger charge is 2.13. The summed E-state index contributed by atoms with van der Waals surface area (Å²) in [6.45, 7) is 3.58. The lowest BCUT2D eigenvalue weighted by Crippen LogP contribution is -2.07. The van der Waals surface area contributed by atoms with E-state index in [0.29, 0.717) is 5.56 Å². The van der Waals surface area contributed by atoms with Crippen LogP contribution in [0.25, 0.3) is 0 Å². The summed E-state index contributed by atoms with van der Waals surface area (Å²) in [5.41, 5.74) is 7.26. The molecule has 1 heterocycles. The van der Waals surface area contributed by atoms with Crippen molar-refractivity contribution in [2.75, 3.05) is 0 Å². The lowest BCUT2D eigenvalue weighted by molar-refractivity contribution is 0.610. The van der Waals surface area contributed by atoms with Gasteiger partial charge in [0.05, 0.1) is 0 Å². The standard InChI is InChI=1S/C11H12FN3S2/c1-6-3-10(16-11-14-5-15-17-11)8(7(2)13)4-9(6)12/h3-5,7H,13H2,1-2H3/t7-/m1/s1. The Bertz CT molecular complexity index is 512. The maximum absolute atomic E-state index is 13.5. The van der Waals surface area contributed by atoms with Crippen molar-refractivity contribution >= 4 is 23.3 Å². The molecule has 1 aromatic heterocycles. The summed E-state index contributed by atoms with van der Waals surface area (Å²) in [4.78, 5) is 5.04. The van der Waals surface area contributed by atoms with Gasteiger partial charge in [-0.1, -0.05) is 11.8 Å². The summed E-state index contributed by atoms with van der Waals surface area (Å²) in [6, 6.07) is 3.10. The zero-order chi connectivity index (χ0) is 12.4. The van der Waals surface area contributed by atoms with Gasteiger partial charge in [0.15, 0.2) is 4.34 Å². The molecule has 0 radical (unpaired) electrons. The number of aryl methyl sites for hydroxylation is 1.